The first-order chi connectivity index (χ1) is 11.3. The van der Waals surface area contributed by atoms with Crippen LogP contribution >= 0.6 is 0 Å². The number of hydrogen-bond acceptors (Lipinski definition) is 3. The number of nitrogens with zero attached hydrogens (tertiary/aromatic N) is 1. The molecule has 4 nitrogen and oxygen atoms in total. The number of fused-ring (bicyclic) bond motifs is 1. The Hall–Kier alpha value is -3.32. The molecular formula is C19H14N2O2. The van der Waals surface area contributed by atoms with Crippen molar-refractivity contribution in [2.45, 2.75) is 6.54 Å². The van der Waals surface area contributed by atoms with Crippen molar-refractivity contribution >= 4 is 22.8 Å². The fraction of sp³-hybridized carbons (Fsp3) is 0.0526. The van der Waals surface area contributed by atoms with Gasteiger partial charge in [0.1, 0.15) is 17.4 Å². The molecule has 0 saturated heterocycles. The summed E-state index contributed by atoms with van der Waals surface area (Å²) in [6.45, 7) is 0.250. The van der Waals surface area contributed by atoms with E-state index in [1.54, 1.807) is 24.5 Å². The molecule has 4 heteroatoms. The highest BCUT2D eigenvalue weighted by molar-refractivity contribution is 6.04. The summed E-state index contributed by atoms with van der Waals surface area (Å²) in [5.74, 6) is 0.220. The fourth-order valence-electron chi connectivity index (χ4n) is 2.36. The van der Waals surface area contributed by atoms with Gasteiger partial charge in [-0.15, -0.1) is 0 Å². The zero-order valence-corrected chi connectivity index (χ0v) is 12.3. The highest BCUT2D eigenvalue weighted by Gasteiger charge is 2.10. The third-order valence-electron chi connectivity index (χ3n) is 3.49. The minimum absolute atomic E-state index is 0.0629. The summed E-state index contributed by atoms with van der Waals surface area (Å²) in [6.07, 6.45) is 3.15. The molecule has 0 aliphatic carbocycles. The smallest absolute Gasteiger partial charge is 0.262 e. The molecule has 1 heterocycles. The van der Waals surface area contributed by atoms with E-state index in [9.17, 15) is 10.1 Å². The zero-order chi connectivity index (χ0) is 16.1. The molecule has 3 rings (SSSR count). The van der Waals surface area contributed by atoms with E-state index in [-0.39, 0.29) is 12.1 Å². The molecule has 0 spiro atoms. The fourth-order valence-corrected chi connectivity index (χ4v) is 2.36. The van der Waals surface area contributed by atoms with Gasteiger partial charge in [-0.2, -0.15) is 5.26 Å². The quantitative estimate of drug-likeness (QED) is 0.591. The Balaban J connectivity index is 1.85. The summed E-state index contributed by atoms with van der Waals surface area (Å²) in [5, 5.41) is 14.0. The first kappa shape index (κ1) is 14.6. The molecular weight excluding hydrogens is 288 g/mol. The molecule has 23 heavy (non-hydrogen) atoms. The van der Waals surface area contributed by atoms with Crippen LogP contribution in [0.25, 0.3) is 16.8 Å². The number of hydrogen-bond donors (Lipinski definition) is 1. The molecule has 1 N–H and O–H groups in total. The van der Waals surface area contributed by atoms with Gasteiger partial charge in [-0.05, 0) is 34.5 Å². The molecule has 0 saturated carbocycles. The highest BCUT2D eigenvalue weighted by atomic mass is 16.3. The van der Waals surface area contributed by atoms with E-state index in [0.717, 1.165) is 16.3 Å². The molecule has 0 bridgehead atoms. The molecule has 1 amide bonds. The first-order valence-corrected chi connectivity index (χ1v) is 7.18. The number of furan rings is 1. The summed E-state index contributed by atoms with van der Waals surface area (Å²) < 4.78 is 5.16. The van der Waals surface area contributed by atoms with Crippen LogP contribution in [0.5, 0.6) is 0 Å². The van der Waals surface area contributed by atoms with Gasteiger partial charge in [0.15, 0.2) is 0 Å². The lowest BCUT2D eigenvalue weighted by molar-refractivity contribution is -0.117. The number of carbonyl (C=O) groups excluding carboxylic acids is 1. The van der Waals surface area contributed by atoms with Crippen molar-refractivity contribution in [1.29, 1.82) is 5.26 Å². The number of nitrogens with one attached hydrogen (secondary N) is 1. The van der Waals surface area contributed by atoms with Crippen molar-refractivity contribution in [1.82, 2.24) is 5.32 Å². The second-order valence-corrected chi connectivity index (χ2v) is 5.00. The van der Waals surface area contributed by atoms with Gasteiger partial charge in [-0.25, -0.2) is 0 Å². The number of amides is 1. The maximum Gasteiger partial charge on any atom is 0.262 e. The minimum atomic E-state index is -0.420. The van der Waals surface area contributed by atoms with Crippen molar-refractivity contribution < 1.29 is 9.21 Å². The lowest BCUT2D eigenvalue weighted by Gasteiger charge is -2.04. The Labute approximate surface area is 133 Å². The Morgan fingerprint density at radius 2 is 1.96 bits per heavy atom. The average Bonchev–Trinajstić information content (AvgIpc) is 3.11. The van der Waals surface area contributed by atoms with Crippen molar-refractivity contribution in [3.8, 4) is 6.07 Å². The summed E-state index contributed by atoms with van der Waals surface area (Å²) in [7, 11) is 0. The van der Waals surface area contributed by atoms with Crippen molar-refractivity contribution in [2.24, 2.45) is 0 Å². The van der Waals surface area contributed by atoms with Crippen LogP contribution in [-0.4, -0.2) is 5.91 Å². The topological polar surface area (TPSA) is 66.0 Å². The molecule has 0 aliphatic heterocycles. The van der Waals surface area contributed by atoms with E-state index in [1.807, 2.05) is 48.5 Å². The second-order valence-electron chi connectivity index (χ2n) is 5.00. The summed E-state index contributed by atoms with van der Waals surface area (Å²) in [6, 6.07) is 19.1. The monoisotopic (exact) mass is 302 g/mol. The summed E-state index contributed by atoms with van der Waals surface area (Å²) in [4.78, 5) is 12.2. The molecule has 0 aliphatic rings. The molecule has 0 atom stereocenters. The van der Waals surface area contributed by atoms with E-state index in [4.69, 9.17) is 4.42 Å². The number of rotatable bonds is 4. The van der Waals surface area contributed by atoms with Gasteiger partial charge in [0.05, 0.1) is 12.8 Å². The molecule has 0 unspecified atom stereocenters. The largest absolute Gasteiger partial charge is 0.467 e. The second kappa shape index (κ2) is 6.63. The Morgan fingerprint density at radius 1 is 1.13 bits per heavy atom. The maximum absolute atomic E-state index is 12.2. The predicted molar refractivity (Wildman–Crippen MR) is 88.1 cm³/mol. The molecule has 112 valence electrons. The molecule has 2 aromatic carbocycles. The van der Waals surface area contributed by atoms with Crippen molar-refractivity contribution in [3.05, 3.63) is 77.8 Å². The normalized spacial score (nSPS) is 11.2. The van der Waals surface area contributed by atoms with Crippen LogP contribution in [0.1, 0.15) is 11.3 Å². The zero-order valence-electron chi connectivity index (χ0n) is 12.3. The van der Waals surface area contributed by atoms with Crippen molar-refractivity contribution in [3.63, 3.8) is 0 Å². The van der Waals surface area contributed by atoms with Crippen LogP contribution in [0.3, 0.4) is 0 Å². The van der Waals surface area contributed by atoms with Crippen molar-refractivity contribution in [2.75, 3.05) is 0 Å². The van der Waals surface area contributed by atoms with Gasteiger partial charge in [-0.3, -0.25) is 4.79 Å². The Kier molecular flexibility index (Phi) is 4.21. The third-order valence-corrected chi connectivity index (χ3v) is 3.49. The SMILES string of the molecule is N#CC(=Cc1cccc2ccccc12)C(=O)NCc1ccco1. The van der Waals surface area contributed by atoms with Gasteiger partial charge in [-0.1, -0.05) is 42.5 Å². The first-order valence-electron chi connectivity index (χ1n) is 7.18. The Bertz CT molecular complexity index is 897. The van der Waals surface area contributed by atoms with Gasteiger partial charge < -0.3 is 9.73 Å². The highest BCUT2D eigenvalue weighted by Crippen LogP contribution is 2.20. The van der Waals surface area contributed by atoms with Crippen LogP contribution in [0.4, 0.5) is 0 Å². The van der Waals surface area contributed by atoms with Crippen LogP contribution in [-0.2, 0) is 11.3 Å². The van der Waals surface area contributed by atoms with E-state index in [1.165, 1.54) is 0 Å². The lowest BCUT2D eigenvalue weighted by Crippen LogP contribution is -2.23. The molecule has 0 radical (unpaired) electrons. The molecule has 3 aromatic rings. The summed E-state index contributed by atoms with van der Waals surface area (Å²) >= 11 is 0. The number of carbonyl (C=O) groups is 1. The molecule has 0 fully saturated rings. The van der Waals surface area contributed by atoms with Gasteiger partial charge in [0, 0.05) is 0 Å². The van der Waals surface area contributed by atoms with E-state index >= 15 is 0 Å². The van der Waals surface area contributed by atoms with E-state index in [2.05, 4.69) is 5.32 Å². The van der Waals surface area contributed by atoms with Gasteiger partial charge in [0.2, 0.25) is 0 Å². The van der Waals surface area contributed by atoms with Crippen LogP contribution in [0.15, 0.2) is 70.9 Å². The van der Waals surface area contributed by atoms with Crippen LogP contribution < -0.4 is 5.32 Å². The van der Waals surface area contributed by atoms with Crippen LogP contribution in [0.2, 0.25) is 0 Å². The lowest BCUT2D eigenvalue weighted by atomic mass is 10.0. The minimum Gasteiger partial charge on any atom is -0.467 e. The molecule has 1 aromatic heterocycles. The van der Waals surface area contributed by atoms with Gasteiger partial charge in [0.25, 0.3) is 5.91 Å². The maximum atomic E-state index is 12.2. The standard InChI is InChI=1S/C19H14N2O2/c20-12-16(19(22)21-13-17-8-4-10-23-17)11-15-7-3-6-14-5-1-2-9-18(14)15/h1-11H,13H2,(H,21,22). The van der Waals surface area contributed by atoms with Crippen LogP contribution in [0, 0.1) is 11.3 Å². The van der Waals surface area contributed by atoms with E-state index < -0.39 is 5.91 Å². The van der Waals surface area contributed by atoms with E-state index in [0.29, 0.717) is 5.76 Å². The van der Waals surface area contributed by atoms with Gasteiger partial charge >= 0.3 is 0 Å². The number of benzene rings is 2. The predicted octanol–water partition coefficient (Wildman–Crippen LogP) is 3.66. The summed E-state index contributed by atoms with van der Waals surface area (Å²) in [5.41, 5.74) is 0.903. The third kappa shape index (κ3) is 3.30. The Morgan fingerprint density at radius 3 is 2.74 bits per heavy atom. The number of nitriles is 1. The average molecular weight is 302 g/mol.